The van der Waals surface area contributed by atoms with E-state index in [-0.39, 0.29) is 5.82 Å². The lowest BCUT2D eigenvalue weighted by Crippen LogP contribution is -2.45. The Kier molecular flexibility index (Phi) is 5.14. The van der Waals surface area contributed by atoms with Crippen LogP contribution >= 0.6 is 0 Å². The second-order valence-corrected chi connectivity index (χ2v) is 5.16. The number of benzene rings is 1. The molecule has 2 nitrogen and oxygen atoms in total. The number of hydrogen-bond acceptors (Lipinski definition) is 2. The highest BCUT2D eigenvalue weighted by atomic mass is 19.1. The quantitative estimate of drug-likeness (QED) is 0.864. The van der Waals surface area contributed by atoms with E-state index < -0.39 is 0 Å². The molecule has 1 aromatic carbocycles. The number of piperidine rings is 1. The van der Waals surface area contributed by atoms with Crippen molar-refractivity contribution >= 4 is 0 Å². The third-order valence-corrected chi connectivity index (χ3v) is 3.48. The molecule has 0 aliphatic carbocycles. The van der Waals surface area contributed by atoms with Crippen molar-refractivity contribution in [3.8, 4) is 0 Å². The summed E-state index contributed by atoms with van der Waals surface area (Å²) in [4.78, 5) is 2.42. The van der Waals surface area contributed by atoms with Gasteiger partial charge < -0.3 is 5.32 Å². The van der Waals surface area contributed by atoms with E-state index in [4.69, 9.17) is 0 Å². The number of rotatable bonds is 5. The lowest BCUT2D eigenvalue weighted by Gasteiger charge is -2.33. The van der Waals surface area contributed by atoms with Gasteiger partial charge in [-0.25, -0.2) is 4.39 Å². The molecule has 0 aromatic heterocycles. The van der Waals surface area contributed by atoms with Crippen molar-refractivity contribution in [3.63, 3.8) is 0 Å². The van der Waals surface area contributed by atoms with E-state index in [1.807, 2.05) is 6.07 Å². The maximum Gasteiger partial charge on any atom is 0.123 e. The average Bonchev–Trinajstić information content (AvgIpc) is 2.37. The first-order chi connectivity index (χ1) is 8.78. The van der Waals surface area contributed by atoms with Crippen molar-refractivity contribution in [2.45, 2.75) is 38.8 Å². The van der Waals surface area contributed by atoms with Crippen LogP contribution in [0.25, 0.3) is 0 Å². The SMILES string of the molecule is CCCNC1CCCN(Cc2cccc(F)c2)C1. The summed E-state index contributed by atoms with van der Waals surface area (Å²) < 4.78 is 13.1. The van der Waals surface area contributed by atoms with Gasteiger partial charge in [-0.15, -0.1) is 0 Å². The van der Waals surface area contributed by atoms with Crippen LogP contribution in [0.5, 0.6) is 0 Å². The smallest absolute Gasteiger partial charge is 0.123 e. The van der Waals surface area contributed by atoms with Gasteiger partial charge in [-0.2, -0.15) is 0 Å². The van der Waals surface area contributed by atoms with Crippen LogP contribution in [-0.2, 0) is 6.54 Å². The molecular formula is C15H23FN2. The minimum absolute atomic E-state index is 0.134. The highest BCUT2D eigenvalue weighted by Crippen LogP contribution is 2.14. The van der Waals surface area contributed by atoms with Gasteiger partial charge in [0.25, 0.3) is 0 Å². The fourth-order valence-electron chi connectivity index (χ4n) is 2.61. The Hall–Kier alpha value is -0.930. The standard InChI is InChI=1S/C15H23FN2/c1-2-8-17-15-7-4-9-18(12-15)11-13-5-3-6-14(16)10-13/h3,5-6,10,15,17H,2,4,7-9,11-12H2,1H3. The summed E-state index contributed by atoms with van der Waals surface area (Å²) in [6.45, 7) is 6.36. The van der Waals surface area contributed by atoms with Crippen LogP contribution in [0.15, 0.2) is 24.3 Å². The molecule has 0 amide bonds. The van der Waals surface area contributed by atoms with E-state index in [1.54, 1.807) is 12.1 Å². The lowest BCUT2D eigenvalue weighted by atomic mass is 10.0. The molecular weight excluding hydrogens is 227 g/mol. The topological polar surface area (TPSA) is 15.3 Å². The maximum absolute atomic E-state index is 13.1. The zero-order chi connectivity index (χ0) is 12.8. The van der Waals surface area contributed by atoms with E-state index in [2.05, 4.69) is 17.1 Å². The van der Waals surface area contributed by atoms with Crippen LogP contribution in [0.1, 0.15) is 31.7 Å². The maximum atomic E-state index is 13.1. The van der Waals surface area contributed by atoms with Gasteiger partial charge in [0.1, 0.15) is 5.82 Å². The van der Waals surface area contributed by atoms with E-state index >= 15 is 0 Å². The molecule has 0 radical (unpaired) electrons. The Balaban J connectivity index is 1.85. The van der Waals surface area contributed by atoms with Gasteiger partial charge in [0.2, 0.25) is 0 Å². The molecule has 18 heavy (non-hydrogen) atoms. The molecule has 1 atom stereocenters. The van der Waals surface area contributed by atoms with Gasteiger partial charge in [-0.1, -0.05) is 19.1 Å². The largest absolute Gasteiger partial charge is 0.313 e. The fraction of sp³-hybridized carbons (Fsp3) is 0.600. The number of hydrogen-bond donors (Lipinski definition) is 1. The summed E-state index contributed by atoms with van der Waals surface area (Å²) in [5, 5.41) is 3.58. The zero-order valence-electron chi connectivity index (χ0n) is 11.2. The Bertz CT molecular complexity index is 367. The number of likely N-dealkylation sites (tertiary alicyclic amines) is 1. The summed E-state index contributed by atoms with van der Waals surface area (Å²) in [6.07, 6.45) is 3.68. The van der Waals surface area contributed by atoms with E-state index in [9.17, 15) is 4.39 Å². The van der Waals surface area contributed by atoms with Gasteiger partial charge in [0.05, 0.1) is 0 Å². The van der Waals surface area contributed by atoms with Crippen molar-refractivity contribution in [1.29, 1.82) is 0 Å². The molecule has 1 N–H and O–H groups in total. The summed E-state index contributed by atoms with van der Waals surface area (Å²) >= 11 is 0. The molecule has 1 heterocycles. The van der Waals surface area contributed by atoms with Crippen molar-refractivity contribution in [3.05, 3.63) is 35.6 Å². The molecule has 1 aliphatic heterocycles. The molecule has 1 saturated heterocycles. The summed E-state index contributed by atoms with van der Waals surface area (Å²) in [6, 6.07) is 7.55. The summed E-state index contributed by atoms with van der Waals surface area (Å²) in [5.74, 6) is -0.134. The lowest BCUT2D eigenvalue weighted by molar-refractivity contribution is 0.183. The Morgan fingerprint density at radius 2 is 2.33 bits per heavy atom. The molecule has 2 rings (SSSR count). The predicted molar refractivity (Wildman–Crippen MR) is 73.0 cm³/mol. The molecule has 0 spiro atoms. The second-order valence-electron chi connectivity index (χ2n) is 5.16. The monoisotopic (exact) mass is 250 g/mol. The van der Waals surface area contributed by atoms with Gasteiger partial charge in [0.15, 0.2) is 0 Å². The molecule has 1 unspecified atom stereocenters. The zero-order valence-corrected chi connectivity index (χ0v) is 11.2. The predicted octanol–water partition coefficient (Wildman–Crippen LogP) is 2.79. The minimum Gasteiger partial charge on any atom is -0.313 e. The molecule has 0 bridgehead atoms. The molecule has 3 heteroatoms. The van der Waals surface area contributed by atoms with E-state index in [1.165, 1.54) is 25.3 Å². The number of halogens is 1. The van der Waals surface area contributed by atoms with Gasteiger partial charge in [-0.3, -0.25) is 4.90 Å². The van der Waals surface area contributed by atoms with Crippen LogP contribution in [0.2, 0.25) is 0 Å². The third kappa shape index (κ3) is 4.07. The Morgan fingerprint density at radius 3 is 3.11 bits per heavy atom. The highest BCUT2D eigenvalue weighted by molar-refractivity contribution is 5.16. The first-order valence-electron chi connectivity index (χ1n) is 6.98. The van der Waals surface area contributed by atoms with E-state index in [0.717, 1.165) is 31.7 Å². The normalized spacial score (nSPS) is 21.1. The summed E-state index contributed by atoms with van der Waals surface area (Å²) in [7, 11) is 0. The highest BCUT2D eigenvalue weighted by Gasteiger charge is 2.19. The molecule has 1 fully saturated rings. The summed E-state index contributed by atoms with van der Waals surface area (Å²) in [5.41, 5.74) is 1.08. The molecule has 0 saturated carbocycles. The second kappa shape index (κ2) is 6.86. The van der Waals surface area contributed by atoms with Crippen molar-refractivity contribution in [1.82, 2.24) is 10.2 Å². The molecule has 100 valence electrons. The van der Waals surface area contributed by atoms with Gasteiger partial charge >= 0.3 is 0 Å². The van der Waals surface area contributed by atoms with Crippen LogP contribution in [0, 0.1) is 5.82 Å². The van der Waals surface area contributed by atoms with Crippen molar-refractivity contribution in [2.75, 3.05) is 19.6 Å². The van der Waals surface area contributed by atoms with Crippen molar-refractivity contribution in [2.24, 2.45) is 0 Å². The number of nitrogens with zero attached hydrogens (tertiary/aromatic N) is 1. The number of nitrogens with one attached hydrogen (secondary N) is 1. The Labute approximate surface area is 109 Å². The van der Waals surface area contributed by atoms with Crippen LogP contribution in [0.3, 0.4) is 0 Å². The third-order valence-electron chi connectivity index (χ3n) is 3.48. The van der Waals surface area contributed by atoms with Crippen LogP contribution in [-0.4, -0.2) is 30.6 Å². The molecule has 1 aliphatic rings. The van der Waals surface area contributed by atoms with Gasteiger partial charge in [0, 0.05) is 19.1 Å². The van der Waals surface area contributed by atoms with Gasteiger partial charge in [-0.05, 0) is 50.0 Å². The Morgan fingerprint density at radius 1 is 1.44 bits per heavy atom. The first-order valence-corrected chi connectivity index (χ1v) is 6.98. The van der Waals surface area contributed by atoms with E-state index in [0.29, 0.717) is 6.04 Å². The van der Waals surface area contributed by atoms with Crippen LogP contribution < -0.4 is 5.32 Å². The first kappa shape index (κ1) is 13.5. The fourth-order valence-corrected chi connectivity index (χ4v) is 2.61. The van der Waals surface area contributed by atoms with Crippen molar-refractivity contribution < 1.29 is 4.39 Å². The minimum atomic E-state index is -0.134. The molecule has 1 aromatic rings. The van der Waals surface area contributed by atoms with Crippen LogP contribution in [0.4, 0.5) is 4.39 Å². The average molecular weight is 250 g/mol.